The number of nitrogens with one attached hydrogen (secondary N) is 2. The Balaban J connectivity index is 2.07. The van der Waals surface area contributed by atoms with Crippen LogP contribution in [0.15, 0.2) is 30.5 Å². The van der Waals surface area contributed by atoms with Gasteiger partial charge in [-0.15, -0.1) is 0 Å². The van der Waals surface area contributed by atoms with E-state index < -0.39 is 0 Å². The Morgan fingerprint density at radius 1 is 1.30 bits per heavy atom. The zero-order valence-electron chi connectivity index (χ0n) is 12.8. The standard InChI is InChI=1S/C15H17ClN4O3/c1-22-8-7-17-14(21)12-5-6-18-15(20-12)19-10-3-4-13(23-2)11(16)9-10/h3-6,9H,7-8H2,1-2H3,(H,17,21)(H,18,19,20). The first-order valence-corrected chi connectivity index (χ1v) is 7.22. The molecule has 0 bridgehead atoms. The number of amides is 1. The van der Waals surface area contributed by atoms with Gasteiger partial charge >= 0.3 is 0 Å². The fourth-order valence-electron chi connectivity index (χ4n) is 1.78. The molecule has 0 atom stereocenters. The first-order chi connectivity index (χ1) is 11.1. The maximum absolute atomic E-state index is 11.9. The summed E-state index contributed by atoms with van der Waals surface area (Å²) in [5, 5.41) is 6.15. The van der Waals surface area contributed by atoms with Crippen LogP contribution in [-0.4, -0.2) is 43.2 Å². The van der Waals surface area contributed by atoms with E-state index in [0.29, 0.717) is 35.6 Å². The van der Waals surface area contributed by atoms with Crippen LogP contribution in [-0.2, 0) is 4.74 Å². The van der Waals surface area contributed by atoms with Crippen molar-refractivity contribution in [1.82, 2.24) is 15.3 Å². The molecule has 0 radical (unpaired) electrons. The molecule has 0 unspecified atom stereocenters. The molecular formula is C15H17ClN4O3. The summed E-state index contributed by atoms with van der Waals surface area (Å²) in [6.45, 7) is 0.850. The van der Waals surface area contributed by atoms with E-state index in [1.807, 2.05) is 0 Å². The number of hydrogen-bond donors (Lipinski definition) is 2. The van der Waals surface area contributed by atoms with E-state index in [0.717, 1.165) is 0 Å². The second-order valence-corrected chi connectivity index (χ2v) is 4.90. The minimum Gasteiger partial charge on any atom is -0.495 e. The highest BCUT2D eigenvalue weighted by atomic mass is 35.5. The van der Waals surface area contributed by atoms with Gasteiger partial charge in [-0.1, -0.05) is 11.6 Å². The van der Waals surface area contributed by atoms with Crippen LogP contribution < -0.4 is 15.4 Å². The minimum absolute atomic E-state index is 0.262. The van der Waals surface area contributed by atoms with E-state index >= 15 is 0 Å². The molecular weight excluding hydrogens is 320 g/mol. The third-order valence-electron chi connectivity index (χ3n) is 2.89. The van der Waals surface area contributed by atoms with Crippen molar-refractivity contribution >= 4 is 29.1 Å². The maximum Gasteiger partial charge on any atom is 0.270 e. The van der Waals surface area contributed by atoms with Crippen molar-refractivity contribution in [3.05, 3.63) is 41.2 Å². The summed E-state index contributed by atoms with van der Waals surface area (Å²) in [6.07, 6.45) is 1.51. The quantitative estimate of drug-likeness (QED) is 0.754. The first kappa shape index (κ1) is 17.0. The molecule has 2 aromatic rings. The molecule has 122 valence electrons. The van der Waals surface area contributed by atoms with Crippen LogP contribution in [0.1, 0.15) is 10.5 Å². The van der Waals surface area contributed by atoms with Crippen molar-refractivity contribution in [2.45, 2.75) is 0 Å². The van der Waals surface area contributed by atoms with Gasteiger partial charge in [0.15, 0.2) is 0 Å². The largest absolute Gasteiger partial charge is 0.495 e. The van der Waals surface area contributed by atoms with Gasteiger partial charge in [0.05, 0.1) is 18.7 Å². The van der Waals surface area contributed by atoms with Gasteiger partial charge in [0.1, 0.15) is 11.4 Å². The summed E-state index contributed by atoms with van der Waals surface area (Å²) >= 11 is 6.07. The van der Waals surface area contributed by atoms with E-state index in [4.69, 9.17) is 21.1 Å². The molecule has 0 fully saturated rings. The molecule has 0 saturated carbocycles. The van der Waals surface area contributed by atoms with Gasteiger partial charge in [0.25, 0.3) is 5.91 Å². The Bertz CT molecular complexity index is 682. The smallest absolute Gasteiger partial charge is 0.270 e. The van der Waals surface area contributed by atoms with Gasteiger partial charge in [0, 0.05) is 25.5 Å². The lowest BCUT2D eigenvalue weighted by molar-refractivity contribution is 0.0932. The SMILES string of the molecule is COCCNC(=O)c1ccnc(Nc2ccc(OC)c(Cl)c2)n1. The third kappa shape index (κ3) is 4.80. The number of nitrogens with zero attached hydrogens (tertiary/aromatic N) is 2. The molecule has 7 nitrogen and oxygen atoms in total. The summed E-state index contributed by atoms with van der Waals surface area (Å²) in [5.74, 6) is 0.579. The van der Waals surface area contributed by atoms with E-state index in [-0.39, 0.29) is 11.6 Å². The average Bonchev–Trinajstić information content (AvgIpc) is 2.55. The zero-order chi connectivity index (χ0) is 16.7. The van der Waals surface area contributed by atoms with Crippen molar-refractivity contribution in [2.24, 2.45) is 0 Å². The maximum atomic E-state index is 11.9. The van der Waals surface area contributed by atoms with Crippen LogP contribution in [0.25, 0.3) is 0 Å². The highest BCUT2D eigenvalue weighted by Crippen LogP contribution is 2.28. The van der Waals surface area contributed by atoms with Crippen molar-refractivity contribution in [3.8, 4) is 5.75 Å². The number of halogens is 1. The molecule has 8 heteroatoms. The van der Waals surface area contributed by atoms with Gasteiger partial charge in [-0.3, -0.25) is 4.79 Å². The number of ether oxygens (including phenoxy) is 2. The second-order valence-electron chi connectivity index (χ2n) is 4.49. The Morgan fingerprint density at radius 3 is 2.83 bits per heavy atom. The summed E-state index contributed by atoms with van der Waals surface area (Å²) in [4.78, 5) is 20.2. The highest BCUT2D eigenvalue weighted by molar-refractivity contribution is 6.32. The summed E-state index contributed by atoms with van der Waals surface area (Å²) < 4.78 is 9.97. The summed E-state index contributed by atoms with van der Waals surface area (Å²) in [6, 6.07) is 6.73. The highest BCUT2D eigenvalue weighted by Gasteiger charge is 2.09. The van der Waals surface area contributed by atoms with Gasteiger partial charge in [-0.05, 0) is 24.3 Å². The fraction of sp³-hybridized carbons (Fsp3) is 0.267. The number of carbonyl (C=O) groups excluding carboxylic acids is 1. The van der Waals surface area contributed by atoms with Crippen LogP contribution in [0, 0.1) is 0 Å². The number of rotatable bonds is 7. The topological polar surface area (TPSA) is 85.4 Å². The number of aromatic nitrogens is 2. The molecule has 1 aromatic carbocycles. The zero-order valence-corrected chi connectivity index (χ0v) is 13.6. The van der Waals surface area contributed by atoms with Crippen molar-refractivity contribution in [2.75, 3.05) is 32.7 Å². The van der Waals surface area contributed by atoms with Crippen LogP contribution in [0.5, 0.6) is 5.75 Å². The predicted molar refractivity (Wildman–Crippen MR) is 87.5 cm³/mol. The van der Waals surface area contributed by atoms with E-state index in [1.54, 1.807) is 32.4 Å². The lowest BCUT2D eigenvalue weighted by Gasteiger charge is -2.09. The third-order valence-corrected chi connectivity index (χ3v) is 3.18. The Kier molecular flexibility index (Phi) is 6.13. The minimum atomic E-state index is -0.291. The summed E-state index contributed by atoms with van der Waals surface area (Å²) in [7, 11) is 3.11. The monoisotopic (exact) mass is 336 g/mol. The van der Waals surface area contributed by atoms with Crippen LogP contribution in [0.3, 0.4) is 0 Å². The molecule has 2 rings (SSSR count). The predicted octanol–water partition coefficient (Wildman–Crippen LogP) is 2.26. The van der Waals surface area contributed by atoms with Gasteiger partial charge in [-0.2, -0.15) is 0 Å². The van der Waals surface area contributed by atoms with E-state index in [1.165, 1.54) is 12.3 Å². The Labute approximate surface area is 139 Å². The van der Waals surface area contributed by atoms with Crippen LogP contribution in [0.2, 0.25) is 5.02 Å². The lowest BCUT2D eigenvalue weighted by Crippen LogP contribution is -2.27. The van der Waals surface area contributed by atoms with Crippen LogP contribution in [0.4, 0.5) is 11.6 Å². The van der Waals surface area contributed by atoms with Gasteiger partial charge < -0.3 is 20.1 Å². The van der Waals surface area contributed by atoms with Crippen molar-refractivity contribution in [3.63, 3.8) is 0 Å². The molecule has 0 aliphatic heterocycles. The van der Waals surface area contributed by atoms with Gasteiger partial charge in [0.2, 0.25) is 5.95 Å². The van der Waals surface area contributed by atoms with Crippen LogP contribution >= 0.6 is 11.6 Å². The fourth-order valence-corrected chi connectivity index (χ4v) is 2.03. The number of benzene rings is 1. The normalized spacial score (nSPS) is 10.2. The van der Waals surface area contributed by atoms with E-state index in [2.05, 4.69) is 20.6 Å². The Morgan fingerprint density at radius 2 is 2.13 bits per heavy atom. The lowest BCUT2D eigenvalue weighted by atomic mass is 10.3. The number of anilines is 2. The number of hydrogen-bond acceptors (Lipinski definition) is 6. The molecule has 1 heterocycles. The molecule has 1 aromatic heterocycles. The number of carbonyl (C=O) groups is 1. The average molecular weight is 337 g/mol. The molecule has 1 amide bonds. The van der Waals surface area contributed by atoms with Gasteiger partial charge in [-0.25, -0.2) is 9.97 Å². The van der Waals surface area contributed by atoms with Crippen molar-refractivity contribution in [1.29, 1.82) is 0 Å². The van der Waals surface area contributed by atoms with E-state index in [9.17, 15) is 4.79 Å². The number of methoxy groups -OCH3 is 2. The second kappa shape index (κ2) is 8.30. The first-order valence-electron chi connectivity index (χ1n) is 6.85. The molecule has 0 aliphatic carbocycles. The molecule has 0 spiro atoms. The molecule has 0 aliphatic rings. The summed E-state index contributed by atoms with van der Waals surface area (Å²) in [5.41, 5.74) is 0.950. The van der Waals surface area contributed by atoms with Crippen molar-refractivity contribution < 1.29 is 14.3 Å². The molecule has 0 saturated heterocycles. The molecule has 2 N–H and O–H groups in total. The Hall–Kier alpha value is -2.38. The molecule has 23 heavy (non-hydrogen) atoms.